The second-order valence-corrected chi connectivity index (χ2v) is 5.45. The zero-order valence-corrected chi connectivity index (χ0v) is 12.5. The van der Waals surface area contributed by atoms with Crippen molar-refractivity contribution in [3.63, 3.8) is 0 Å². The molecule has 0 spiro atoms. The van der Waals surface area contributed by atoms with E-state index in [-0.39, 0.29) is 24.3 Å². The molecule has 21 heavy (non-hydrogen) atoms. The quantitative estimate of drug-likeness (QED) is 0.746. The zero-order valence-electron chi connectivity index (χ0n) is 12.5. The molecule has 0 saturated carbocycles. The Morgan fingerprint density at radius 1 is 1.38 bits per heavy atom. The molecule has 0 bridgehead atoms. The van der Waals surface area contributed by atoms with Crippen LogP contribution in [-0.4, -0.2) is 29.6 Å². The normalized spacial score (nSPS) is 14.8. The monoisotopic (exact) mass is 290 g/mol. The molecule has 0 aromatic heterocycles. The van der Waals surface area contributed by atoms with Gasteiger partial charge in [-0.15, -0.1) is 0 Å². The summed E-state index contributed by atoms with van der Waals surface area (Å²) in [6.45, 7) is 4.30. The zero-order chi connectivity index (χ0) is 15.4. The average molecular weight is 290 g/mol. The SMILES string of the molecule is CCC(CC)C(O)CNC(=O)c1ccc2c(c1)NC(=O)C2. The molecule has 3 N–H and O–H groups in total. The summed E-state index contributed by atoms with van der Waals surface area (Å²) < 4.78 is 0. The molecule has 1 atom stereocenters. The first-order valence-electron chi connectivity index (χ1n) is 7.44. The summed E-state index contributed by atoms with van der Waals surface area (Å²) in [5.41, 5.74) is 2.11. The van der Waals surface area contributed by atoms with E-state index in [1.807, 2.05) is 13.8 Å². The van der Waals surface area contributed by atoms with Crippen LogP contribution in [0, 0.1) is 5.92 Å². The van der Waals surface area contributed by atoms with Crippen LogP contribution < -0.4 is 10.6 Å². The molecule has 0 saturated heterocycles. The van der Waals surface area contributed by atoms with E-state index in [2.05, 4.69) is 10.6 Å². The number of amides is 2. The van der Waals surface area contributed by atoms with E-state index in [0.29, 0.717) is 17.7 Å². The van der Waals surface area contributed by atoms with E-state index in [1.54, 1.807) is 18.2 Å². The van der Waals surface area contributed by atoms with Crippen molar-refractivity contribution in [3.05, 3.63) is 29.3 Å². The molecule has 5 heteroatoms. The molecule has 0 radical (unpaired) electrons. The van der Waals surface area contributed by atoms with Gasteiger partial charge in [0.1, 0.15) is 0 Å². The number of hydrogen-bond donors (Lipinski definition) is 3. The first kappa shape index (κ1) is 15.5. The number of carbonyl (C=O) groups is 2. The van der Waals surface area contributed by atoms with Crippen LogP contribution >= 0.6 is 0 Å². The second-order valence-electron chi connectivity index (χ2n) is 5.45. The average Bonchev–Trinajstić information content (AvgIpc) is 2.85. The predicted molar refractivity (Wildman–Crippen MR) is 81.2 cm³/mol. The van der Waals surface area contributed by atoms with E-state index in [4.69, 9.17) is 0 Å². The lowest BCUT2D eigenvalue weighted by Crippen LogP contribution is -2.36. The van der Waals surface area contributed by atoms with Gasteiger partial charge in [0, 0.05) is 17.8 Å². The van der Waals surface area contributed by atoms with Crippen molar-refractivity contribution < 1.29 is 14.7 Å². The van der Waals surface area contributed by atoms with Gasteiger partial charge in [-0.2, -0.15) is 0 Å². The van der Waals surface area contributed by atoms with Crippen LogP contribution in [0.25, 0.3) is 0 Å². The van der Waals surface area contributed by atoms with Gasteiger partial charge in [-0.3, -0.25) is 9.59 Å². The fourth-order valence-electron chi connectivity index (χ4n) is 2.65. The standard InChI is InChI=1S/C16H22N2O3/c1-3-10(4-2)14(19)9-17-16(21)12-6-5-11-8-15(20)18-13(11)7-12/h5-7,10,14,19H,3-4,8-9H2,1-2H3,(H,17,21)(H,18,20). The third-order valence-corrected chi connectivity index (χ3v) is 4.06. The fraction of sp³-hybridized carbons (Fsp3) is 0.500. The highest BCUT2D eigenvalue weighted by Gasteiger charge is 2.20. The van der Waals surface area contributed by atoms with Gasteiger partial charge in [0.05, 0.1) is 12.5 Å². The fourth-order valence-corrected chi connectivity index (χ4v) is 2.65. The molecule has 5 nitrogen and oxygen atoms in total. The maximum Gasteiger partial charge on any atom is 0.251 e. The van der Waals surface area contributed by atoms with Gasteiger partial charge in [-0.25, -0.2) is 0 Å². The van der Waals surface area contributed by atoms with Crippen LogP contribution in [-0.2, 0) is 11.2 Å². The minimum Gasteiger partial charge on any atom is -0.391 e. The maximum absolute atomic E-state index is 12.1. The Morgan fingerprint density at radius 3 is 2.76 bits per heavy atom. The molecule has 1 aliphatic heterocycles. The summed E-state index contributed by atoms with van der Waals surface area (Å²) in [6.07, 6.45) is 1.61. The molecule has 1 heterocycles. The van der Waals surface area contributed by atoms with Crippen molar-refractivity contribution in [2.75, 3.05) is 11.9 Å². The minimum absolute atomic E-state index is 0.0493. The van der Waals surface area contributed by atoms with Gasteiger partial charge < -0.3 is 15.7 Å². The second kappa shape index (κ2) is 6.72. The Hall–Kier alpha value is -1.88. The molecule has 2 rings (SSSR count). The summed E-state index contributed by atoms with van der Waals surface area (Å²) >= 11 is 0. The Kier molecular flexibility index (Phi) is 4.96. The van der Waals surface area contributed by atoms with E-state index in [0.717, 1.165) is 18.4 Å². The molecular formula is C16H22N2O3. The Bertz CT molecular complexity index is 538. The van der Waals surface area contributed by atoms with Gasteiger partial charge in [-0.1, -0.05) is 32.8 Å². The first-order chi connectivity index (χ1) is 10.0. The number of nitrogens with one attached hydrogen (secondary N) is 2. The van der Waals surface area contributed by atoms with Crippen molar-refractivity contribution in [2.24, 2.45) is 5.92 Å². The highest BCUT2D eigenvalue weighted by molar-refractivity contribution is 6.02. The van der Waals surface area contributed by atoms with Gasteiger partial charge in [0.25, 0.3) is 5.91 Å². The molecule has 0 aliphatic carbocycles. The van der Waals surface area contributed by atoms with Crippen LogP contribution in [0.1, 0.15) is 42.6 Å². The van der Waals surface area contributed by atoms with Crippen LogP contribution in [0.5, 0.6) is 0 Å². The smallest absolute Gasteiger partial charge is 0.251 e. The lowest BCUT2D eigenvalue weighted by molar-refractivity contribution is -0.115. The highest BCUT2D eigenvalue weighted by Crippen LogP contribution is 2.24. The molecule has 1 aromatic carbocycles. The van der Waals surface area contributed by atoms with Crippen molar-refractivity contribution >= 4 is 17.5 Å². The number of aliphatic hydroxyl groups excluding tert-OH is 1. The van der Waals surface area contributed by atoms with Gasteiger partial charge in [-0.05, 0) is 23.6 Å². The van der Waals surface area contributed by atoms with E-state index in [9.17, 15) is 14.7 Å². The third kappa shape index (κ3) is 3.61. The lowest BCUT2D eigenvalue weighted by Gasteiger charge is -2.20. The molecule has 1 aromatic rings. The van der Waals surface area contributed by atoms with E-state index < -0.39 is 6.10 Å². The van der Waals surface area contributed by atoms with Crippen molar-refractivity contribution in [1.82, 2.24) is 5.32 Å². The summed E-state index contributed by atoms with van der Waals surface area (Å²) in [6, 6.07) is 5.18. The summed E-state index contributed by atoms with van der Waals surface area (Å²) in [7, 11) is 0. The Balaban J connectivity index is 1.95. The summed E-state index contributed by atoms with van der Waals surface area (Å²) in [5, 5.41) is 15.5. The molecule has 0 fully saturated rings. The number of anilines is 1. The Morgan fingerprint density at radius 2 is 2.10 bits per heavy atom. The maximum atomic E-state index is 12.1. The molecule has 114 valence electrons. The van der Waals surface area contributed by atoms with Crippen molar-refractivity contribution in [2.45, 2.75) is 39.2 Å². The molecule has 1 aliphatic rings. The van der Waals surface area contributed by atoms with Gasteiger partial charge in [0.15, 0.2) is 0 Å². The van der Waals surface area contributed by atoms with Crippen LogP contribution in [0.2, 0.25) is 0 Å². The summed E-state index contributed by atoms with van der Waals surface area (Å²) in [5.74, 6) is -0.0831. The number of hydrogen-bond acceptors (Lipinski definition) is 3. The number of fused-ring (bicyclic) bond motifs is 1. The number of rotatable bonds is 6. The lowest BCUT2D eigenvalue weighted by atomic mass is 9.96. The topological polar surface area (TPSA) is 78.4 Å². The molecular weight excluding hydrogens is 268 g/mol. The summed E-state index contributed by atoms with van der Waals surface area (Å²) in [4.78, 5) is 23.4. The highest BCUT2D eigenvalue weighted by atomic mass is 16.3. The number of aliphatic hydroxyl groups is 1. The van der Waals surface area contributed by atoms with E-state index in [1.165, 1.54) is 0 Å². The largest absolute Gasteiger partial charge is 0.391 e. The molecule has 2 amide bonds. The minimum atomic E-state index is -0.530. The van der Waals surface area contributed by atoms with Gasteiger partial charge in [0.2, 0.25) is 5.91 Å². The van der Waals surface area contributed by atoms with Crippen molar-refractivity contribution in [1.29, 1.82) is 0 Å². The Labute approximate surface area is 124 Å². The van der Waals surface area contributed by atoms with E-state index >= 15 is 0 Å². The van der Waals surface area contributed by atoms with Crippen molar-refractivity contribution in [3.8, 4) is 0 Å². The predicted octanol–water partition coefficient (Wildman–Crippen LogP) is 1.71. The van der Waals surface area contributed by atoms with Gasteiger partial charge >= 0.3 is 0 Å². The first-order valence-corrected chi connectivity index (χ1v) is 7.44. The van der Waals surface area contributed by atoms with Crippen LogP contribution in [0.4, 0.5) is 5.69 Å². The third-order valence-electron chi connectivity index (χ3n) is 4.06. The van der Waals surface area contributed by atoms with Crippen LogP contribution in [0.15, 0.2) is 18.2 Å². The number of benzene rings is 1. The number of carbonyl (C=O) groups excluding carboxylic acids is 2. The van der Waals surface area contributed by atoms with Crippen LogP contribution in [0.3, 0.4) is 0 Å². The molecule has 1 unspecified atom stereocenters.